The third-order valence-electron chi connectivity index (χ3n) is 2.65. The van der Waals surface area contributed by atoms with Crippen LogP contribution in [0.1, 0.15) is 22.3 Å². The molecule has 0 heterocycles. The number of benzene rings is 1. The summed E-state index contributed by atoms with van der Waals surface area (Å²) in [5, 5.41) is 2.63. The summed E-state index contributed by atoms with van der Waals surface area (Å²) in [5.74, 6) is -0.864. The maximum atomic E-state index is 11.8. The van der Waals surface area contributed by atoms with Gasteiger partial charge in [0.05, 0.1) is 5.56 Å². The zero-order chi connectivity index (χ0) is 15.0. The van der Waals surface area contributed by atoms with Gasteiger partial charge < -0.3 is 20.5 Å². The van der Waals surface area contributed by atoms with Crippen molar-refractivity contribution in [2.45, 2.75) is 13.3 Å². The topological polar surface area (TPSA) is 90.6 Å². The fraction of sp³-hybridized carbons (Fsp3) is 0.429. The first-order valence-electron chi connectivity index (χ1n) is 6.33. The smallest absolute Gasteiger partial charge is 0.338 e. The molecule has 0 saturated heterocycles. The Kier molecular flexibility index (Phi) is 6.52. The van der Waals surface area contributed by atoms with Gasteiger partial charge in [0.2, 0.25) is 0 Å². The molecule has 0 saturated carbocycles. The van der Waals surface area contributed by atoms with E-state index in [2.05, 4.69) is 5.32 Å². The first kappa shape index (κ1) is 16.0. The highest BCUT2D eigenvalue weighted by Crippen LogP contribution is 2.13. The van der Waals surface area contributed by atoms with Crippen molar-refractivity contribution in [1.82, 2.24) is 5.32 Å². The van der Waals surface area contributed by atoms with E-state index in [-0.39, 0.29) is 12.5 Å². The summed E-state index contributed by atoms with van der Waals surface area (Å²) in [6.07, 6.45) is 0.716. The van der Waals surface area contributed by atoms with Crippen LogP contribution < -0.4 is 11.1 Å². The van der Waals surface area contributed by atoms with E-state index in [1.54, 1.807) is 32.2 Å². The number of nitrogens with one attached hydrogen (secondary N) is 1. The maximum absolute atomic E-state index is 11.8. The van der Waals surface area contributed by atoms with E-state index in [1.807, 2.05) is 0 Å². The van der Waals surface area contributed by atoms with E-state index in [0.29, 0.717) is 30.8 Å². The van der Waals surface area contributed by atoms with Gasteiger partial charge in [-0.15, -0.1) is 0 Å². The van der Waals surface area contributed by atoms with Crippen molar-refractivity contribution in [3.63, 3.8) is 0 Å². The van der Waals surface area contributed by atoms with Crippen molar-refractivity contribution in [2.75, 3.05) is 32.6 Å². The van der Waals surface area contributed by atoms with Crippen LogP contribution in [-0.2, 0) is 14.3 Å². The SMILES string of the molecule is COCCCNC(=O)COC(=O)c1ccc(N)cc1C. The number of rotatable bonds is 7. The minimum atomic E-state index is -0.533. The highest BCUT2D eigenvalue weighted by molar-refractivity contribution is 5.93. The third kappa shape index (κ3) is 5.27. The van der Waals surface area contributed by atoms with Crippen LogP contribution in [0.15, 0.2) is 18.2 Å². The van der Waals surface area contributed by atoms with Crippen LogP contribution in [0.4, 0.5) is 5.69 Å². The molecule has 1 amide bonds. The normalized spacial score (nSPS) is 10.1. The summed E-state index contributed by atoms with van der Waals surface area (Å²) < 4.78 is 9.80. The predicted molar refractivity (Wildman–Crippen MR) is 75.4 cm³/mol. The van der Waals surface area contributed by atoms with Crippen LogP contribution in [0.3, 0.4) is 0 Å². The van der Waals surface area contributed by atoms with Crippen LogP contribution in [0.2, 0.25) is 0 Å². The van der Waals surface area contributed by atoms with Crippen molar-refractivity contribution < 1.29 is 19.1 Å². The van der Waals surface area contributed by atoms with Gasteiger partial charge in [-0.1, -0.05) is 0 Å². The lowest BCUT2D eigenvalue weighted by Crippen LogP contribution is -2.30. The molecule has 1 aromatic carbocycles. The van der Waals surface area contributed by atoms with E-state index >= 15 is 0 Å². The van der Waals surface area contributed by atoms with Gasteiger partial charge in [0.1, 0.15) is 0 Å². The number of nitrogens with two attached hydrogens (primary N) is 1. The molecule has 0 aliphatic carbocycles. The number of hydrogen-bond donors (Lipinski definition) is 2. The molecule has 1 rings (SSSR count). The van der Waals surface area contributed by atoms with Gasteiger partial charge in [-0.3, -0.25) is 4.79 Å². The van der Waals surface area contributed by atoms with Crippen molar-refractivity contribution >= 4 is 17.6 Å². The highest BCUT2D eigenvalue weighted by Gasteiger charge is 2.12. The van der Waals surface area contributed by atoms with Crippen molar-refractivity contribution in [3.05, 3.63) is 29.3 Å². The van der Waals surface area contributed by atoms with Crippen molar-refractivity contribution in [2.24, 2.45) is 0 Å². The molecule has 0 bridgehead atoms. The Balaban J connectivity index is 2.37. The summed E-state index contributed by atoms with van der Waals surface area (Å²) in [6, 6.07) is 4.89. The summed E-state index contributed by atoms with van der Waals surface area (Å²) in [6.45, 7) is 2.53. The molecule has 0 aliphatic rings. The number of hydrogen-bond acceptors (Lipinski definition) is 5. The zero-order valence-electron chi connectivity index (χ0n) is 11.8. The van der Waals surface area contributed by atoms with E-state index in [1.165, 1.54) is 0 Å². The van der Waals surface area contributed by atoms with Gasteiger partial charge in [-0.2, -0.15) is 0 Å². The third-order valence-corrected chi connectivity index (χ3v) is 2.65. The number of nitrogen functional groups attached to an aromatic ring is 1. The lowest BCUT2D eigenvalue weighted by Gasteiger charge is -2.08. The molecule has 6 heteroatoms. The van der Waals surface area contributed by atoms with E-state index in [9.17, 15) is 9.59 Å². The van der Waals surface area contributed by atoms with Crippen LogP contribution >= 0.6 is 0 Å². The van der Waals surface area contributed by atoms with E-state index < -0.39 is 5.97 Å². The Morgan fingerprint density at radius 2 is 2.10 bits per heavy atom. The summed E-state index contributed by atoms with van der Waals surface area (Å²) in [5.41, 5.74) is 7.31. The van der Waals surface area contributed by atoms with Gasteiger partial charge in [-0.05, 0) is 37.1 Å². The second kappa shape index (κ2) is 8.16. The van der Waals surface area contributed by atoms with Gasteiger partial charge in [0, 0.05) is 25.9 Å². The number of amides is 1. The number of aryl methyl sites for hydroxylation is 1. The van der Waals surface area contributed by atoms with Crippen molar-refractivity contribution in [1.29, 1.82) is 0 Å². The van der Waals surface area contributed by atoms with Crippen LogP contribution in [0.25, 0.3) is 0 Å². The van der Waals surface area contributed by atoms with E-state index in [0.717, 1.165) is 5.56 Å². The molecule has 20 heavy (non-hydrogen) atoms. The Morgan fingerprint density at radius 3 is 2.75 bits per heavy atom. The van der Waals surface area contributed by atoms with Crippen LogP contribution in [-0.4, -0.2) is 38.7 Å². The minimum absolute atomic E-state index is 0.296. The summed E-state index contributed by atoms with van der Waals surface area (Å²) in [7, 11) is 1.60. The molecule has 0 fully saturated rings. The van der Waals surface area contributed by atoms with Gasteiger partial charge in [0.25, 0.3) is 5.91 Å². The monoisotopic (exact) mass is 280 g/mol. The molecule has 0 atom stereocenters. The predicted octanol–water partition coefficient (Wildman–Crippen LogP) is 0.887. The Morgan fingerprint density at radius 1 is 1.35 bits per heavy atom. The maximum Gasteiger partial charge on any atom is 0.338 e. The standard InChI is InChI=1S/C14H20N2O4/c1-10-8-11(15)4-5-12(10)14(18)20-9-13(17)16-6-3-7-19-2/h4-5,8H,3,6-7,9,15H2,1-2H3,(H,16,17). The summed E-state index contributed by atoms with van der Waals surface area (Å²) in [4.78, 5) is 23.2. The molecular formula is C14H20N2O4. The van der Waals surface area contributed by atoms with Crippen LogP contribution in [0.5, 0.6) is 0 Å². The zero-order valence-corrected chi connectivity index (χ0v) is 11.8. The fourth-order valence-electron chi connectivity index (χ4n) is 1.62. The second-order valence-electron chi connectivity index (χ2n) is 4.35. The molecule has 0 radical (unpaired) electrons. The first-order chi connectivity index (χ1) is 9.54. The number of esters is 1. The minimum Gasteiger partial charge on any atom is -0.452 e. The number of methoxy groups -OCH3 is 1. The molecule has 1 aromatic rings. The molecular weight excluding hydrogens is 260 g/mol. The Bertz CT molecular complexity index is 474. The lowest BCUT2D eigenvalue weighted by atomic mass is 10.1. The molecule has 0 aromatic heterocycles. The number of carbonyl (C=O) groups is 2. The quantitative estimate of drug-likeness (QED) is 0.439. The van der Waals surface area contributed by atoms with Gasteiger partial charge in [-0.25, -0.2) is 4.79 Å². The van der Waals surface area contributed by atoms with Crippen molar-refractivity contribution in [3.8, 4) is 0 Å². The van der Waals surface area contributed by atoms with Crippen LogP contribution in [0, 0.1) is 6.92 Å². The van der Waals surface area contributed by atoms with E-state index in [4.69, 9.17) is 15.2 Å². The lowest BCUT2D eigenvalue weighted by molar-refractivity contribution is -0.124. The highest BCUT2D eigenvalue weighted by atomic mass is 16.5. The Hall–Kier alpha value is -2.08. The molecule has 0 aliphatic heterocycles. The molecule has 0 unspecified atom stereocenters. The summed E-state index contributed by atoms with van der Waals surface area (Å²) >= 11 is 0. The molecule has 0 spiro atoms. The first-order valence-corrected chi connectivity index (χ1v) is 6.33. The molecule has 6 nitrogen and oxygen atoms in total. The molecule has 3 N–H and O–H groups in total. The largest absolute Gasteiger partial charge is 0.452 e. The number of carbonyl (C=O) groups excluding carboxylic acids is 2. The Labute approximate surface area is 118 Å². The van der Waals surface area contributed by atoms with Gasteiger partial charge >= 0.3 is 5.97 Å². The number of ether oxygens (including phenoxy) is 2. The average Bonchev–Trinajstić information content (AvgIpc) is 2.41. The fourth-order valence-corrected chi connectivity index (χ4v) is 1.62. The van der Waals surface area contributed by atoms with Gasteiger partial charge in [0.15, 0.2) is 6.61 Å². The molecule has 110 valence electrons. The average molecular weight is 280 g/mol. The number of anilines is 1. The second-order valence-corrected chi connectivity index (χ2v) is 4.35.